The van der Waals surface area contributed by atoms with E-state index in [0.29, 0.717) is 11.1 Å². The molecule has 0 radical (unpaired) electrons. The number of hydroxylamine groups is 2. The number of benzene rings is 3. The number of nitrogens with zero attached hydrogens (tertiary/aromatic N) is 1. The minimum Gasteiger partial charge on any atom is -0.368 e. The third kappa shape index (κ3) is 4.68. The predicted molar refractivity (Wildman–Crippen MR) is 121 cm³/mol. The van der Waals surface area contributed by atoms with Gasteiger partial charge in [0.25, 0.3) is 0 Å². The van der Waals surface area contributed by atoms with Crippen LogP contribution in [0.4, 0.5) is 0 Å². The molecule has 0 amide bonds. The topological polar surface area (TPSA) is 63.7 Å². The van der Waals surface area contributed by atoms with E-state index >= 15 is 0 Å². The Morgan fingerprint density at radius 1 is 0.688 bits per heavy atom. The molecule has 0 bridgehead atoms. The molecular formula is C27H25NO4. The normalized spacial score (nSPS) is 19.3. The van der Waals surface area contributed by atoms with Gasteiger partial charge in [0.1, 0.15) is 0 Å². The molecule has 3 aromatic rings. The fourth-order valence-electron chi connectivity index (χ4n) is 4.54. The van der Waals surface area contributed by atoms with Crippen molar-refractivity contribution >= 4 is 17.5 Å². The van der Waals surface area contributed by atoms with Crippen molar-refractivity contribution in [1.82, 2.24) is 5.06 Å². The summed E-state index contributed by atoms with van der Waals surface area (Å²) in [7, 11) is 0. The van der Waals surface area contributed by atoms with Gasteiger partial charge < -0.3 is 4.84 Å². The lowest BCUT2D eigenvalue weighted by Crippen LogP contribution is -2.50. The third-order valence-corrected chi connectivity index (χ3v) is 5.90. The van der Waals surface area contributed by atoms with Crippen LogP contribution in [0.2, 0.25) is 0 Å². The summed E-state index contributed by atoms with van der Waals surface area (Å²) < 4.78 is 0. The summed E-state index contributed by atoms with van der Waals surface area (Å²) in [5, 5.41) is 1.47. The van der Waals surface area contributed by atoms with Crippen molar-refractivity contribution in [1.29, 1.82) is 0 Å². The van der Waals surface area contributed by atoms with Crippen LogP contribution in [-0.2, 0) is 9.63 Å². The molecule has 32 heavy (non-hydrogen) atoms. The Hall–Kier alpha value is -3.57. The van der Waals surface area contributed by atoms with Crippen molar-refractivity contribution in [3.8, 4) is 0 Å². The van der Waals surface area contributed by atoms with Gasteiger partial charge in [-0.05, 0) is 5.56 Å². The largest absolute Gasteiger partial charge is 0.368 e. The standard InChI is InChI=1S/C27H25NO4/c1-19(29)32-28-17-23(26(30)21-13-7-3-8-14-21)25(20-11-5-2-6-12-20)24(18-28)27(31)22-15-9-4-10-16-22/h2-16,23-25H,17-18H2,1H3/t23-,24-/m0/s1. The third-order valence-electron chi connectivity index (χ3n) is 5.90. The summed E-state index contributed by atoms with van der Waals surface area (Å²) in [4.78, 5) is 44.4. The number of piperidine rings is 1. The summed E-state index contributed by atoms with van der Waals surface area (Å²) in [6.45, 7) is 1.78. The Morgan fingerprint density at radius 2 is 1.09 bits per heavy atom. The van der Waals surface area contributed by atoms with Crippen LogP contribution in [0.1, 0.15) is 39.1 Å². The van der Waals surface area contributed by atoms with Crippen molar-refractivity contribution in [3.63, 3.8) is 0 Å². The van der Waals surface area contributed by atoms with Crippen LogP contribution in [0.5, 0.6) is 0 Å². The molecular weight excluding hydrogens is 402 g/mol. The quantitative estimate of drug-likeness (QED) is 0.540. The van der Waals surface area contributed by atoms with Crippen LogP contribution < -0.4 is 0 Å². The average molecular weight is 428 g/mol. The second-order valence-corrected chi connectivity index (χ2v) is 8.04. The van der Waals surface area contributed by atoms with Gasteiger partial charge in [-0.3, -0.25) is 14.4 Å². The smallest absolute Gasteiger partial charge is 0.322 e. The van der Waals surface area contributed by atoms with E-state index in [2.05, 4.69) is 0 Å². The van der Waals surface area contributed by atoms with Gasteiger partial charge in [-0.1, -0.05) is 91.0 Å². The number of hydrogen-bond donors (Lipinski definition) is 0. The molecule has 162 valence electrons. The van der Waals surface area contributed by atoms with E-state index in [1.165, 1.54) is 12.0 Å². The van der Waals surface area contributed by atoms with Crippen molar-refractivity contribution in [3.05, 3.63) is 108 Å². The van der Waals surface area contributed by atoms with Gasteiger partial charge in [-0.15, -0.1) is 5.06 Å². The first-order valence-electron chi connectivity index (χ1n) is 10.7. The minimum absolute atomic E-state index is 0.0674. The first kappa shape index (κ1) is 21.7. The SMILES string of the molecule is CC(=O)ON1C[C@H](C(=O)c2ccccc2)C(c2ccccc2)[C@@H](C(=O)c2ccccc2)C1. The van der Waals surface area contributed by atoms with Gasteiger partial charge in [0.2, 0.25) is 0 Å². The van der Waals surface area contributed by atoms with E-state index in [1.807, 2.05) is 66.7 Å². The second kappa shape index (κ2) is 9.71. The van der Waals surface area contributed by atoms with E-state index in [0.717, 1.165) is 5.56 Å². The van der Waals surface area contributed by atoms with E-state index in [9.17, 15) is 14.4 Å². The number of carbonyl (C=O) groups excluding carboxylic acids is 3. The Morgan fingerprint density at radius 3 is 1.50 bits per heavy atom. The highest BCUT2D eigenvalue weighted by molar-refractivity contribution is 6.02. The van der Waals surface area contributed by atoms with Crippen LogP contribution in [0.15, 0.2) is 91.0 Å². The molecule has 0 aromatic heterocycles. The number of Topliss-reactive ketones (excluding diaryl/α,β-unsaturated/α-hetero) is 2. The van der Waals surface area contributed by atoms with Crippen molar-refractivity contribution in [2.75, 3.05) is 13.1 Å². The molecule has 0 spiro atoms. The van der Waals surface area contributed by atoms with E-state index < -0.39 is 17.8 Å². The van der Waals surface area contributed by atoms with E-state index in [-0.39, 0.29) is 30.6 Å². The zero-order valence-electron chi connectivity index (χ0n) is 17.9. The summed E-state index contributed by atoms with van der Waals surface area (Å²) >= 11 is 0. The highest BCUT2D eigenvalue weighted by atomic mass is 16.7. The van der Waals surface area contributed by atoms with Crippen molar-refractivity contribution in [2.24, 2.45) is 11.8 Å². The molecule has 4 rings (SSSR count). The zero-order valence-corrected chi connectivity index (χ0v) is 17.9. The Labute approximate surface area is 187 Å². The molecule has 1 aliphatic heterocycles. The molecule has 1 saturated heterocycles. The maximum absolute atomic E-state index is 13.6. The molecule has 0 unspecified atom stereocenters. The fourth-order valence-corrected chi connectivity index (χ4v) is 4.54. The molecule has 0 N–H and O–H groups in total. The lowest BCUT2D eigenvalue weighted by Gasteiger charge is -2.41. The Kier molecular flexibility index (Phi) is 6.57. The molecule has 2 atom stereocenters. The summed E-state index contributed by atoms with van der Waals surface area (Å²) in [6.07, 6.45) is 0. The molecule has 1 fully saturated rings. The van der Waals surface area contributed by atoms with E-state index in [4.69, 9.17) is 4.84 Å². The Balaban J connectivity index is 1.80. The lowest BCUT2D eigenvalue weighted by atomic mass is 9.69. The van der Waals surface area contributed by atoms with Crippen LogP contribution in [0.25, 0.3) is 0 Å². The van der Waals surface area contributed by atoms with Crippen LogP contribution in [0, 0.1) is 11.8 Å². The van der Waals surface area contributed by atoms with Crippen LogP contribution in [-0.4, -0.2) is 35.7 Å². The Bertz CT molecular complexity index is 1020. The molecule has 3 aromatic carbocycles. The number of carbonyl (C=O) groups is 3. The highest BCUT2D eigenvalue weighted by Crippen LogP contribution is 2.40. The fraction of sp³-hybridized carbons (Fsp3) is 0.222. The van der Waals surface area contributed by atoms with Crippen LogP contribution in [0.3, 0.4) is 0 Å². The van der Waals surface area contributed by atoms with Crippen molar-refractivity contribution < 1.29 is 19.2 Å². The number of ketones is 2. The van der Waals surface area contributed by atoms with Gasteiger partial charge in [-0.25, -0.2) is 0 Å². The number of hydrogen-bond acceptors (Lipinski definition) is 5. The van der Waals surface area contributed by atoms with Gasteiger partial charge >= 0.3 is 5.97 Å². The maximum Gasteiger partial charge on any atom is 0.322 e. The molecule has 1 heterocycles. The minimum atomic E-state index is -0.550. The molecule has 1 aliphatic rings. The maximum atomic E-state index is 13.6. The lowest BCUT2D eigenvalue weighted by molar-refractivity contribution is -0.198. The molecule has 0 saturated carbocycles. The molecule has 5 nitrogen and oxygen atoms in total. The zero-order chi connectivity index (χ0) is 22.5. The van der Waals surface area contributed by atoms with Gasteiger partial charge in [0.05, 0.1) is 0 Å². The van der Waals surface area contributed by atoms with Gasteiger partial charge in [0, 0.05) is 48.9 Å². The molecule has 5 heteroatoms. The summed E-state index contributed by atoms with van der Waals surface area (Å²) in [5.74, 6) is -2.05. The highest BCUT2D eigenvalue weighted by Gasteiger charge is 2.45. The van der Waals surface area contributed by atoms with Gasteiger partial charge in [-0.2, -0.15) is 0 Å². The predicted octanol–water partition coefficient (Wildman–Crippen LogP) is 4.56. The first-order chi connectivity index (χ1) is 15.5. The van der Waals surface area contributed by atoms with E-state index in [1.54, 1.807) is 24.3 Å². The summed E-state index contributed by atoms with van der Waals surface area (Å²) in [5.41, 5.74) is 2.08. The average Bonchev–Trinajstić information content (AvgIpc) is 2.84. The second-order valence-electron chi connectivity index (χ2n) is 8.04. The van der Waals surface area contributed by atoms with Gasteiger partial charge in [0.15, 0.2) is 11.6 Å². The van der Waals surface area contributed by atoms with Crippen LogP contribution >= 0.6 is 0 Å². The first-order valence-corrected chi connectivity index (χ1v) is 10.7. The molecule has 0 aliphatic carbocycles. The monoisotopic (exact) mass is 427 g/mol. The summed E-state index contributed by atoms with van der Waals surface area (Å²) in [6, 6.07) is 27.8. The van der Waals surface area contributed by atoms with Crippen molar-refractivity contribution in [2.45, 2.75) is 12.8 Å². The number of rotatable bonds is 6.